The summed E-state index contributed by atoms with van der Waals surface area (Å²) in [7, 11) is -3.98. The number of nitrogens with one attached hydrogen (secondary N) is 2. The van der Waals surface area contributed by atoms with Gasteiger partial charge in [0.2, 0.25) is 0 Å². The molecule has 1 amide bonds. The maximum Gasteiger partial charge on any atom is 0.263 e. The Morgan fingerprint density at radius 3 is 2.24 bits per heavy atom. The summed E-state index contributed by atoms with van der Waals surface area (Å²) in [4.78, 5) is 14.8. The number of hydrogen-bond acceptors (Lipinski definition) is 5. The van der Waals surface area contributed by atoms with Gasteiger partial charge in [0.15, 0.2) is 0 Å². The van der Waals surface area contributed by atoms with Crippen molar-refractivity contribution >= 4 is 44.6 Å². The van der Waals surface area contributed by atoms with Gasteiger partial charge in [-0.1, -0.05) is 29.3 Å². The topological polar surface area (TPSA) is 87.7 Å². The molecule has 1 fully saturated rings. The summed E-state index contributed by atoms with van der Waals surface area (Å²) in [6.07, 6.45) is 0. The van der Waals surface area contributed by atoms with Crippen LogP contribution in [0.4, 0.5) is 17.1 Å². The van der Waals surface area contributed by atoms with Crippen molar-refractivity contribution in [3.63, 3.8) is 0 Å². The fourth-order valence-electron chi connectivity index (χ4n) is 3.46. The zero-order valence-electron chi connectivity index (χ0n) is 18.0. The van der Waals surface area contributed by atoms with Crippen molar-refractivity contribution in [1.82, 2.24) is 0 Å². The molecule has 0 bridgehead atoms. The van der Waals surface area contributed by atoms with Crippen LogP contribution < -0.4 is 14.9 Å². The van der Waals surface area contributed by atoms with E-state index in [4.69, 9.17) is 16.3 Å². The summed E-state index contributed by atoms with van der Waals surface area (Å²) in [6, 6.07) is 18.6. The Morgan fingerprint density at radius 2 is 1.58 bits per heavy atom. The number of benzene rings is 3. The van der Waals surface area contributed by atoms with Gasteiger partial charge in [-0.15, -0.1) is 0 Å². The van der Waals surface area contributed by atoms with E-state index in [0.717, 1.165) is 24.3 Å². The van der Waals surface area contributed by atoms with Gasteiger partial charge in [-0.25, -0.2) is 8.42 Å². The Balaban J connectivity index is 1.49. The average molecular weight is 486 g/mol. The van der Waals surface area contributed by atoms with Crippen molar-refractivity contribution in [2.24, 2.45) is 0 Å². The lowest BCUT2D eigenvalue weighted by molar-refractivity contribution is 0.102. The van der Waals surface area contributed by atoms with Gasteiger partial charge in [0.25, 0.3) is 15.9 Å². The first-order valence-corrected chi connectivity index (χ1v) is 12.3. The van der Waals surface area contributed by atoms with E-state index in [-0.39, 0.29) is 15.5 Å². The largest absolute Gasteiger partial charge is 0.378 e. The predicted molar refractivity (Wildman–Crippen MR) is 131 cm³/mol. The van der Waals surface area contributed by atoms with Crippen molar-refractivity contribution < 1.29 is 17.9 Å². The van der Waals surface area contributed by atoms with Gasteiger partial charge < -0.3 is 15.0 Å². The van der Waals surface area contributed by atoms with E-state index in [2.05, 4.69) is 14.9 Å². The maximum atomic E-state index is 12.9. The third-order valence-corrected chi connectivity index (χ3v) is 7.15. The summed E-state index contributed by atoms with van der Waals surface area (Å²) in [6.45, 7) is 4.94. The van der Waals surface area contributed by atoms with Crippen LogP contribution in [0.3, 0.4) is 0 Å². The Labute approximate surface area is 198 Å². The van der Waals surface area contributed by atoms with E-state index >= 15 is 0 Å². The SMILES string of the molecule is Cc1ccc(NS(=O)(=O)c2cc(C(=O)Nc3ccc(N4CCOCC4)cc3)ccc2Cl)cc1. The van der Waals surface area contributed by atoms with Crippen LogP contribution in [-0.2, 0) is 14.8 Å². The Kier molecular flexibility index (Phi) is 6.88. The van der Waals surface area contributed by atoms with Crippen molar-refractivity contribution in [3.05, 3.63) is 82.9 Å². The third-order valence-electron chi connectivity index (χ3n) is 5.29. The van der Waals surface area contributed by atoms with Gasteiger partial charge in [-0.2, -0.15) is 0 Å². The highest BCUT2D eigenvalue weighted by atomic mass is 35.5. The lowest BCUT2D eigenvalue weighted by Gasteiger charge is -2.28. The second-order valence-electron chi connectivity index (χ2n) is 7.72. The Hall–Kier alpha value is -3.07. The van der Waals surface area contributed by atoms with Crippen LogP contribution in [-0.4, -0.2) is 40.6 Å². The summed E-state index contributed by atoms with van der Waals surface area (Å²) in [5, 5.41) is 2.83. The fourth-order valence-corrected chi connectivity index (χ4v) is 5.05. The fraction of sp³-hybridized carbons (Fsp3) is 0.208. The number of sulfonamides is 1. The first-order chi connectivity index (χ1) is 15.8. The number of nitrogens with zero attached hydrogens (tertiary/aromatic N) is 1. The highest BCUT2D eigenvalue weighted by Crippen LogP contribution is 2.26. The number of rotatable bonds is 6. The van der Waals surface area contributed by atoms with Crippen LogP contribution in [0.15, 0.2) is 71.6 Å². The van der Waals surface area contributed by atoms with Crippen molar-refractivity contribution in [2.45, 2.75) is 11.8 Å². The number of ether oxygens (including phenoxy) is 1. The number of anilines is 3. The minimum Gasteiger partial charge on any atom is -0.378 e. The maximum absolute atomic E-state index is 12.9. The van der Waals surface area contributed by atoms with Crippen molar-refractivity contribution in [1.29, 1.82) is 0 Å². The van der Waals surface area contributed by atoms with Crippen LogP contribution in [0.1, 0.15) is 15.9 Å². The first-order valence-electron chi connectivity index (χ1n) is 10.4. The van der Waals surface area contributed by atoms with Gasteiger partial charge in [0, 0.05) is 35.7 Å². The number of halogens is 1. The lowest BCUT2D eigenvalue weighted by atomic mass is 10.2. The van der Waals surface area contributed by atoms with Gasteiger partial charge in [0.1, 0.15) is 4.90 Å². The van der Waals surface area contributed by atoms with Crippen molar-refractivity contribution in [2.75, 3.05) is 41.2 Å². The average Bonchev–Trinajstić information content (AvgIpc) is 2.81. The molecule has 2 N–H and O–H groups in total. The van der Waals surface area contributed by atoms with E-state index in [1.165, 1.54) is 18.2 Å². The molecule has 0 saturated carbocycles. The van der Waals surface area contributed by atoms with Crippen LogP contribution in [0.5, 0.6) is 0 Å². The third kappa shape index (κ3) is 5.65. The molecule has 0 unspecified atom stereocenters. The molecule has 3 aromatic carbocycles. The van der Waals surface area contributed by atoms with E-state index in [1.807, 2.05) is 31.2 Å². The molecule has 4 rings (SSSR count). The highest BCUT2D eigenvalue weighted by Gasteiger charge is 2.21. The summed E-state index contributed by atoms with van der Waals surface area (Å²) < 4.78 is 33.6. The van der Waals surface area contributed by atoms with Crippen molar-refractivity contribution in [3.8, 4) is 0 Å². The Bertz CT molecular complexity index is 1240. The first kappa shape index (κ1) is 23.1. The summed E-state index contributed by atoms with van der Waals surface area (Å²) in [5.41, 5.74) is 3.26. The van der Waals surface area contributed by atoms with Crippen LogP contribution in [0.25, 0.3) is 0 Å². The van der Waals surface area contributed by atoms with Gasteiger partial charge in [-0.05, 0) is 61.5 Å². The molecule has 172 valence electrons. The summed E-state index contributed by atoms with van der Waals surface area (Å²) >= 11 is 6.16. The molecule has 1 aliphatic rings. The minimum atomic E-state index is -3.98. The molecule has 0 aliphatic carbocycles. The van der Waals surface area contributed by atoms with E-state index in [9.17, 15) is 13.2 Å². The molecule has 1 heterocycles. The molecular weight excluding hydrogens is 462 g/mol. The van der Waals surface area contributed by atoms with E-state index < -0.39 is 15.9 Å². The molecular formula is C24H24ClN3O4S. The molecule has 33 heavy (non-hydrogen) atoms. The van der Waals surface area contributed by atoms with Gasteiger partial charge in [-0.3, -0.25) is 9.52 Å². The lowest BCUT2D eigenvalue weighted by Crippen LogP contribution is -2.36. The molecule has 0 spiro atoms. The number of amides is 1. The molecule has 1 aliphatic heterocycles. The molecule has 0 atom stereocenters. The molecule has 3 aromatic rings. The number of hydrogen-bond donors (Lipinski definition) is 2. The molecule has 7 nitrogen and oxygen atoms in total. The quantitative estimate of drug-likeness (QED) is 0.535. The molecule has 1 saturated heterocycles. The Morgan fingerprint density at radius 1 is 0.939 bits per heavy atom. The van der Waals surface area contributed by atoms with Gasteiger partial charge in [0.05, 0.1) is 18.2 Å². The highest BCUT2D eigenvalue weighted by molar-refractivity contribution is 7.92. The predicted octanol–water partition coefficient (Wildman–Crippen LogP) is 4.54. The van der Waals surface area contributed by atoms with Gasteiger partial charge >= 0.3 is 0 Å². The number of carbonyl (C=O) groups excluding carboxylic acids is 1. The molecule has 0 aromatic heterocycles. The molecule has 9 heteroatoms. The second-order valence-corrected chi connectivity index (χ2v) is 9.78. The second kappa shape index (κ2) is 9.82. The summed E-state index contributed by atoms with van der Waals surface area (Å²) in [5.74, 6) is -0.433. The normalized spacial score (nSPS) is 14.1. The van der Waals surface area contributed by atoms with E-state index in [0.29, 0.717) is 24.6 Å². The minimum absolute atomic E-state index is 0.0287. The van der Waals surface area contributed by atoms with Crippen LogP contribution in [0.2, 0.25) is 5.02 Å². The number of carbonyl (C=O) groups is 1. The van der Waals surface area contributed by atoms with Crippen LogP contribution in [0, 0.1) is 6.92 Å². The number of aryl methyl sites for hydroxylation is 1. The van der Waals surface area contributed by atoms with Crippen LogP contribution >= 0.6 is 11.6 Å². The zero-order chi connectivity index (χ0) is 23.4. The smallest absolute Gasteiger partial charge is 0.263 e. The zero-order valence-corrected chi connectivity index (χ0v) is 19.6. The standard InChI is InChI=1S/C24H24ClN3O4S/c1-17-2-5-20(6-3-17)27-33(30,31)23-16-18(4-11-22(23)25)24(29)26-19-7-9-21(10-8-19)28-12-14-32-15-13-28/h2-11,16,27H,12-15H2,1H3,(H,26,29). The number of morpholine rings is 1. The monoisotopic (exact) mass is 485 g/mol. The molecule has 0 radical (unpaired) electrons. The van der Waals surface area contributed by atoms with E-state index in [1.54, 1.807) is 24.3 Å².